The van der Waals surface area contributed by atoms with Crippen LogP contribution >= 0.6 is 0 Å². The van der Waals surface area contributed by atoms with Crippen LogP contribution in [0.5, 0.6) is 11.6 Å². The third-order valence-corrected chi connectivity index (χ3v) is 7.74. The highest BCUT2D eigenvalue weighted by Gasteiger charge is 2.27. The van der Waals surface area contributed by atoms with Crippen LogP contribution in [-0.4, -0.2) is 46.5 Å². The molecule has 0 aliphatic carbocycles. The predicted octanol–water partition coefficient (Wildman–Crippen LogP) is 4.01. The van der Waals surface area contributed by atoms with Gasteiger partial charge in [-0.3, -0.25) is 9.78 Å². The summed E-state index contributed by atoms with van der Waals surface area (Å²) in [6, 6.07) is 11.8. The number of sulfonamides is 1. The van der Waals surface area contributed by atoms with E-state index in [-0.39, 0.29) is 22.6 Å². The monoisotopic (exact) mass is 513 g/mol. The Labute approximate surface area is 212 Å². The maximum absolute atomic E-state index is 13.0. The molecule has 1 fully saturated rings. The van der Waals surface area contributed by atoms with Crippen molar-refractivity contribution in [3.8, 4) is 22.8 Å². The quantitative estimate of drug-likeness (QED) is 0.493. The third kappa shape index (κ3) is 5.37. The second kappa shape index (κ2) is 9.78. The molecule has 0 bridgehead atoms. The van der Waals surface area contributed by atoms with E-state index in [1.807, 2.05) is 6.07 Å². The van der Waals surface area contributed by atoms with Crippen molar-refractivity contribution in [2.24, 2.45) is 11.1 Å². The molecule has 1 aromatic heterocycles. The van der Waals surface area contributed by atoms with Gasteiger partial charge in [0.1, 0.15) is 5.75 Å². The lowest BCUT2D eigenvalue weighted by molar-refractivity contribution is 0.397. The van der Waals surface area contributed by atoms with E-state index < -0.39 is 10.0 Å². The Balaban J connectivity index is 1.83. The van der Waals surface area contributed by atoms with Gasteiger partial charge in [-0.05, 0) is 65.5 Å². The molecule has 0 unspecified atom stereocenters. The molecule has 0 saturated carbocycles. The van der Waals surface area contributed by atoms with Crippen LogP contribution in [0.1, 0.15) is 39.2 Å². The minimum Gasteiger partial charge on any atom is -0.496 e. The largest absolute Gasteiger partial charge is 0.496 e. The lowest BCUT2D eigenvalue weighted by atomic mass is 9.82. The molecule has 9 heteroatoms. The molecule has 3 N–H and O–H groups in total. The first-order valence-electron chi connectivity index (χ1n) is 12.1. The van der Waals surface area contributed by atoms with Crippen LogP contribution in [0.3, 0.4) is 0 Å². The van der Waals surface area contributed by atoms with Gasteiger partial charge in [0, 0.05) is 35.3 Å². The van der Waals surface area contributed by atoms with Crippen molar-refractivity contribution in [2.45, 2.75) is 39.0 Å². The summed E-state index contributed by atoms with van der Waals surface area (Å²) in [5.41, 5.74) is 2.99. The highest BCUT2D eigenvalue weighted by atomic mass is 32.2. The van der Waals surface area contributed by atoms with Crippen molar-refractivity contribution >= 4 is 26.5 Å². The zero-order valence-corrected chi connectivity index (χ0v) is 22.4. The van der Waals surface area contributed by atoms with E-state index in [0.717, 1.165) is 52.8 Å². The Bertz CT molecular complexity index is 1440. The minimum atomic E-state index is -3.46. The smallest absolute Gasteiger partial charge is 0.258 e. The van der Waals surface area contributed by atoms with Crippen molar-refractivity contribution in [2.75, 3.05) is 38.0 Å². The summed E-state index contributed by atoms with van der Waals surface area (Å²) in [4.78, 5) is 18.0. The molecule has 3 aromatic rings. The molecule has 2 heterocycles. The molecule has 8 nitrogen and oxygen atoms in total. The van der Waals surface area contributed by atoms with Gasteiger partial charge in [-0.2, -0.15) is 0 Å². The number of aromatic amines is 1. The zero-order valence-electron chi connectivity index (χ0n) is 21.6. The summed E-state index contributed by atoms with van der Waals surface area (Å²) >= 11 is 0. The van der Waals surface area contributed by atoms with Gasteiger partial charge in [0.05, 0.1) is 20.0 Å². The van der Waals surface area contributed by atoms with E-state index in [1.54, 1.807) is 19.2 Å². The summed E-state index contributed by atoms with van der Waals surface area (Å²) in [7, 11) is -0.266. The van der Waals surface area contributed by atoms with Gasteiger partial charge in [0.2, 0.25) is 10.0 Å². The number of nitrogens with two attached hydrogens (primary N) is 1. The fourth-order valence-corrected chi connectivity index (χ4v) is 5.67. The molecule has 1 atom stereocenters. The van der Waals surface area contributed by atoms with Gasteiger partial charge < -0.3 is 14.4 Å². The van der Waals surface area contributed by atoms with E-state index >= 15 is 0 Å². The number of benzene rings is 2. The number of pyridine rings is 1. The molecule has 1 saturated heterocycles. The van der Waals surface area contributed by atoms with Crippen LogP contribution in [0.4, 0.5) is 5.69 Å². The van der Waals surface area contributed by atoms with Gasteiger partial charge in [-0.25, -0.2) is 13.6 Å². The Kier molecular flexibility index (Phi) is 7.07. The Hall–Kier alpha value is -3.04. The molecule has 36 heavy (non-hydrogen) atoms. The van der Waals surface area contributed by atoms with Gasteiger partial charge in [-0.15, -0.1) is 0 Å². The Morgan fingerprint density at radius 3 is 2.42 bits per heavy atom. The number of primary sulfonamides is 1. The summed E-state index contributed by atoms with van der Waals surface area (Å²) in [6.07, 6.45) is 1.48. The van der Waals surface area contributed by atoms with Gasteiger partial charge in [0.25, 0.3) is 5.56 Å². The molecular weight excluding hydrogens is 478 g/mol. The average Bonchev–Trinajstić information content (AvgIpc) is 3.29. The van der Waals surface area contributed by atoms with Crippen LogP contribution in [0, 0.1) is 5.92 Å². The lowest BCUT2D eigenvalue weighted by Crippen LogP contribution is -2.22. The number of aromatic nitrogens is 1. The molecular formula is C27H35N3O5S. The number of fused-ring (bicyclic) bond motifs is 1. The standard InChI is InChI=1S/C27H35N3O5S/c1-27(2,3)23-15-21(20-8-9-24(34-4)29-26(20)31)19-7-6-18(14-22(19)25(23)35-5)30-12-10-17(16-30)11-13-36(28,32)33/h6-9,14-15,17H,10-13,16H2,1-5H3,(H,29,31)(H2,28,32,33)/t17-/m0/s1. The highest BCUT2D eigenvalue weighted by molar-refractivity contribution is 7.89. The first kappa shape index (κ1) is 26.0. The highest BCUT2D eigenvalue weighted by Crippen LogP contribution is 2.43. The predicted molar refractivity (Wildman–Crippen MR) is 145 cm³/mol. The van der Waals surface area contributed by atoms with Crippen LogP contribution in [0.25, 0.3) is 21.9 Å². The number of nitrogens with zero attached hydrogens (tertiary/aromatic N) is 1. The van der Waals surface area contributed by atoms with Gasteiger partial charge >= 0.3 is 0 Å². The average molecular weight is 514 g/mol. The van der Waals surface area contributed by atoms with Gasteiger partial charge in [0.15, 0.2) is 5.88 Å². The van der Waals surface area contributed by atoms with Crippen molar-refractivity contribution in [3.05, 3.63) is 52.3 Å². The third-order valence-electron chi connectivity index (χ3n) is 6.94. The summed E-state index contributed by atoms with van der Waals surface area (Å²) in [6.45, 7) is 7.98. The van der Waals surface area contributed by atoms with E-state index in [0.29, 0.717) is 17.9 Å². The van der Waals surface area contributed by atoms with Crippen LogP contribution in [-0.2, 0) is 15.4 Å². The molecule has 1 aliphatic heterocycles. The lowest BCUT2D eigenvalue weighted by Gasteiger charge is -2.26. The molecule has 194 valence electrons. The number of nitrogens with one attached hydrogen (secondary N) is 1. The van der Waals surface area contributed by atoms with Crippen molar-refractivity contribution in [3.63, 3.8) is 0 Å². The van der Waals surface area contributed by atoms with E-state index in [9.17, 15) is 13.2 Å². The SMILES string of the molecule is COc1ccc(-c2cc(C(C)(C)C)c(OC)c3cc(N4CC[C@@H](CCS(N)(=O)=O)C4)ccc23)c(=O)[nH]1. The van der Waals surface area contributed by atoms with Crippen molar-refractivity contribution in [1.29, 1.82) is 0 Å². The van der Waals surface area contributed by atoms with Crippen molar-refractivity contribution < 1.29 is 17.9 Å². The normalized spacial score (nSPS) is 16.5. The number of anilines is 1. The van der Waals surface area contributed by atoms with Crippen LogP contribution < -0.4 is 25.1 Å². The minimum absolute atomic E-state index is 0.00571. The molecule has 0 spiro atoms. The summed E-state index contributed by atoms with van der Waals surface area (Å²) in [5.74, 6) is 1.48. The topological polar surface area (TPSA) is 115 Å². The van der Waals surface area contributed by atoms with E-state index in [4.69, 9.17) is 14.6 Å². The van der Waals surface area contributed by atoms with Crippen LogP contribution in [0.2, 0.25) is 0 Å². The number of hydrogen-bond acceptors (Lipinski definition) is 6. The molecule has 2 aromatic carbocycles. The second-order valence-corrected chi connectivity index (χ2v) is 12.2. The number of hydrogen-bond donors (Lipinski definition) is 2. The summed E-state index contributed by atoms with van der Waals surface area (Å²) in [5, 5.41) is 7.06. The van der Waals surface area contributed by atoms with E-state index in [2.05, 4.69) is 48.9 Å². The molecule has 0 amide bonds. The molecule has 4 rings (SSSR count). The fraction of sp³-hybridized carbons (Fsp3) is 0.444. The number of methoxy groups -OCH3 is 2. The fourth-order valence-electron chi connectivity index (χ4n) is 5.00. The summed E-state index contributed by atoms with van der Waals surface area (Å²) < 4.78 is 33.9. The first-order valence-corrected chi connectivity index (χ1v) is 13.8. The molecule has 0 radical (unpaired) electrons. The Morgan fingerprint density at radius 1 is 1.06 bits per heavy atom. The number of rotatable bonds is 7. The van der Waals surface area contributed by atoms with Crippen molar-refractivity contribution in [1.82, 2.24) is 4.98 Å². The van der Waals surface area contributed by atoms with Gasteiger partial charge in [-0.1, -0.05) is 26.8 Å². The van der Waals surface area contributed by atoms with Crippen LogP contribution in [0.15, 0.2) is 41.2 Å². The van der Waals surface area contributed by atoms with E-state index in [1.165, 1.54) is 7.11 Å². The Morgan fingerprint density at radius 2 is 1.81 bits per heavy atom. The first-order chi connectivity index (χ1) is 16.9. The number of ether oxygens (including phenoxy) is 2. The maximum atomic E-state index is 13.0. The maximum Gasteiger partial charge on any atom is 0.258 e. The molecule has 1 aliphatic rings. The second-order valence-electron chi connectivity index (χ2n) is 10.5. The zero-order chi connectivity index (χ0) is 26.3. The number of H-pyrrole nitrogens is 1.